The highest BCUT2D eigenvalue weighted by atomic mass is 15.1. The molecule has 2 heterocycles. The zero-order valence-electron chi connectivity index (χ0n) is 15.6. The maximum absolute atomic E-state index is 5.78. The second-order valence-electron chi connectivity index (χ2n) is 5.42. The van der Waals surface area contributed by atoms with E-state index in [1.165, 1.54) is 51.9 Å². The van der Waals surface area contributed by atoms with Crippen LogP contribution >= 0.6 is 0 Å². The van der Waals surface area contributed by atoms with Gasteiger partial charge in [0.1, 0.15) is 0 Å². The lowest BCUT2D eigenvalue weighted by atomic mass is 10.2. The summed E-state index contributed by atoms with van der Waals surface area (Å²) in [5, 5.41) is 3.34. The smallest absolute Gasteiger partial charge is 0.0167 e. The van der Waals surface area contributed by atoms with E-state index >= 15 is 0 Å². The minimum Gasteiger partial charge on any atom is -0.327 e. The quantitative estimate of drug-likeness (QED) is 0.721. The van der Waals surface area contributed by atoms with Crippen LogP contribution in [0.2, 0.25) is 0 Å². The summed E-state index contributed by atoms with van der Waals surface area (Å²) >= 11 is 0. The summed E-state index contributed by atoms with van der Waals surface area (Å²) in [6.45, 7) is 15.1. The highest BCUT2D eigenvalue weighted by Crippen LogP contribution is 2.06. The van der Waals surface area contributed by atoms with Crippen molar-refractivity contribution < 1.29 is 0 Å². The van der Waals surface area contributed by atoms with E-state index in [1.54, 1.807) is 0 Å². The molecule has 0 radical (unpaired) electrons. The Morgan fingerprint density at radius 1 is 0.810 bits per heavy atom. The molecule has 2 saturated heterocycles. The van der Waals surface area contributed by atoms with Crippen molar-refractivity contribution in [1.29, 1.82) is 0 Å². The van der Waals surface area contributed by atoms with Crippen molar-refractivity contribution in [2.45, 2.75) is 59.4 Å². The van der Waals surface area contributed by atoms with Crippen molar-refractivity contribution in [2.75, 3.05) is 53.4 Å². The van der Waals surface area contributed by atoms with Crippen LogP contribution in [0.3, 0.4) is 0 Å². The van der Waals surface area contributed by atoms with Gasteiger partial charge >= 0.3 is 0 Å². The Morgan fingerprint density at radius 2 is 1.43 bits per heavy atom. The van der Waals surface area contributed by atoms with Crippen LogP contribution in [0.25, 0.3) is 0 Å². The third-order valence-electron chi connectivity index (χ3n) is 3.47. The number of rotatable bonds is 0. The lowest BCUT2D eigenvalue weighted by molar-refractivity contribution is 0.333. The maximum Gasteiger partial charge on any atom is 0.0167 e. The van der Waals surface area contributed by atoms with Crippen molar-refractivity contribution >= 4 is 0 Å². The van der Waals surface area contributed by atoms with Crippen LogP contribution in [0, 0.1) is 0 Å². The lowest BCUT2D eigenvalue weighted by Crippen LogP contribution is -2.33. The molecule has 2 fully saturated rings. The Morgan fingerprint density at radius 3 is 2.10 bits per heavy atom. The Bertz CT molecular complexity index is 170. The second kappa shape index (κ2) is 17.9. The average Bonchev–Trinajstić information content (AvgIpc) is 2.86. The highest BCUT2D eigenvalue weighted by molar-refractivity contribution is 4.70. The van der Waals surface area contributed by atoms with E-state index in [-0.39, 0.29) is 0 Å². The summed E-state index contributed by atoms with van der Waals surface area (Å²) < 4.78 is 0. The van der Waals surface area contributed by atoms with Gasteiger partial charge in [-0.3, -0.25) is 0 Å². The minimum atomic E-state index is 0.428. The normalized spacial score (nSPS) is 23.9. The van der Waals surface area contributed by atoms with E-state index in [0.29, 0.717) is 6.04 Å². The molecule has 0 aromatic carbocycles. The van der Waals surface area contributed by atoms with E-state index in [2.05, 4.69) is 29.2 Å². The summed E-state index contributed by atoms with van der Waals surface area (Å²) in [5.74, 6) is 0. The van der Waals surface area contributed by atoms with Gasteiger partial charge in [0.05, 0.1) is 0 Å². The molecule has 2 rings (SSSR count). The van der Waals surface area contributed by atoms with Crippen LogP contribution in [0.4, 0.5) is 0 Å². The molecule has 1 atom stereocenters. The van der Waals surface area contributed by atoms with Crippen LogP contribution in [-0.2, 0) is 0 Å². The number of nitrogens with zero attached hydrogens (tertiary/aromatic N) is 2. The van der Waals surface area contributed by atoms with E-state index in [4.69, 9.17) is 5.73 Å². The molecule has 1 unspecified atom stereocenters. The number of nitrogens with two attached hydrogens (primary N) is 1. The van der Waals surface area contributed by atoms with Gasteiger partial charge in [-0.25, -0.2) is 0 Å². The van der Waals surface area contributed by atoms with Gasteiger partial charge in [-0.15, -0.1) is 0 Å². The summed E-state index contributed by atoms with van der Waals surface area (Å²) in [4.78, 5) is 4.68. The molecule has 2 aliphatic heterocycles. The predicted octanol–water partition coefficient (Wildman–Crippen LogP) is 2.39. The number of likely N-dealkylation sites (N-methyl/N-ethyl adjacent to an activating group) is 2. The summed E-state index contributed by atoms with van der Waals surface area (Å²) in [6.07, 6.45) is 5.15. The van der Waals surface area contributed by atoms with Crippen molar-refractivity contribution in [3.63, 3.8) is 0 Å². The van der Waals surface area contributed by atoms with Gasteiger partial charge in [-0.2, -0.15) is 0 Å². The van der Waals surface area contributed by atoms with Crippen LogP contribution in [0.5, 0.6) is 0 Å². The van der Waals surface area contributed by atoms with Crippen LogP contribution in [0.15, 0.2) is 0 Å². The number of likely N-dealkylation sites (tertiary alicyclic amines) is 1. The molecule has 0 aromatic heterocycles. The van der Waals surface area contributed by atoms with Gasteiger partial charge in [-0.05, 0) is 53.0 Å². The molecule has 0 aromatic rings. The number of hydrogen-bond donors (Lipinski definition) is 2. The van der Waals surface area contributed by atoms with Crippen LogP contribution < -0.4 is 11.1 Å². The first-order chi connectivity index (χ1) is 10.2. The van der Waals surface area contributed by atoms with Gasteiger partial charge < -0.3 is 20.9 Å². The van der Waals surface area contributed by atoms with Crippen molar-refractivity contribution in [1.82, 2.24) is 15.1 Å². The average molecular weight is 303 g/mol. The zero-order chi connectivity index (χ0) is 16.5. The molecule has 21 heavy (non-hydrogen) atoms. The SMILES string of the molecule is CC.CC.CN1CCCCC(N)C1.CN1CCCNCC1. The standard InChI is InChI=1S/C7H16N2.C6H14N2.2C2H6/c1-9-5-3-2-4-7(8)6-9;1-8-5-2-3-7-4-6-8;2*1-2/h7H,2-6,8H2,1H3;7H,2-6H2,1H3;2*1-2H3. The molecule has 0 amide bonds. The van der Waals surface area contributed by atoms with Crippen LogP contribution in [-0.4, -0.2) is 69.2 Å². The summed E-state index contributed by atoms with van der Waals surface area (Å²) in [7, 11) is 4.32. The van der Waals surface area contributed by atoms with Crippen LogP contribution in [0.1, 0.15) is 53.4 Å². The molecule has 3 N–H and O–H groups in total. The maximum atomic E-state index is 5.78. The van der Waals surface area contributed by atoms with Gasteiger partial charge in [0.25, 0.3) is 0 Å². The first-order valence-electron chi connectivity index (χ1n) is 9.02. The Kier molecular flexibility index (Phi) is 19.7. The first-order valence-corrected chi connectivity index (χ1v) is 9.02. The molecular formula is C17H42N4. The molecule has 0 spiro atoms. The number of hydrogen-bond acceptors (Lipinski definition) is 4. The van der Waals surface area contributed by atoms with Gasteiger partial charge in [-0.1, -0.05) is 34.1 Å². The second-order valence-corrected chi connectivity index (χ2v) is 5.42. The van der Waals surface area contributed by atoms with E-state index in [0.717, 1.165) is 13.1 Å². The Hall–Kier alpha value is -0.160. The highest BCUT2D eigenvalue weighted by Gasteiger charge is 2.10. The zero-order valence-corrected chi connectivity index (χ0v) is 15.6. The fraction of sp³-hybridized carbons (Fsp3) is 1.00. The first kappa shape index (κ1) is 23.1. The predicted molar refractivity (Wildman–Crippen MR) is 97.0 cm³/mol. The fourth-order valence-corrected chi connectivity index (χ4v) is 2.35. The molecule has 2 aliphatic rings. The van der Waals surface area contributed by atoms with Gasteiger partial charge in [0.15, 0.2) is 0 Å². The molecule has 0 saturated carbocycles. The molecule has 0 aliphatic carbocycles. The fourth-order valence-electron chi connectivity index (χ4n) is 2.35. The molecule has 4 nitrogen and oxygen atoms in total. The van der Waals surface area contributed by atoms with Crippen molar-refractivity contribution in [3.8, 4) is 0 Å². The Balaban J connectivity index is 0. The summed E-state index contributed by atoms with van der Waals surface area (Å²) in [5.41, 5.74) is 5.78. The minimum absolute atomic E-state index is 0.428. The third-order valence-corrected chi connectivity index (χ3v) is 3.47. The van der Waals surface area contributed by atoms with Gasteiger partial charge in [0.2, 0.25) is 0 Å². The number of nitrogens with one attached hydrogen (secondary N) is 1. The lowest BCUT2D eigenvalue weighted by Gasteiger charge is -2.15. The van der Waals surface area contributed by atoms with E-state index in [9.17, 15) is 0 Å². The van der Waals surface area contributed by atoms with Crippen molar-refractivity contribution in [2.24, 2.45) is 5.73 Å². The third kappa shape index (κ3) is 16.0. The van der Waals surface area contributed by atoms with Crippen molar-refractivity contribution in [3.05, 3.63) is 0 Å². The van der Waals surface area contributed by atoms with E-state index in [1.807, 2.05) is 27.7 Å². The molecule has 4 heteroatoms. The topological polar surface area (TPSA) is 44.5 Å². The summed E-state index contributed by atoms with van der Waals surface area (Å²) in [6, 6.07) is 0.428. The largest absolute Gasteiger partial charge is 0.327 e. The molecule has 130 valence electrons. The monoisotopic (exact) mass is 302 g/mol. The van der Waals surface area contributed by atoms with Gasteiger partial charge in [0, 0.05) is 25.7 Å². The Labute approximate surface area is 134 Å². The van der Waals surface area contributed by atoms with E-state index < -0.39 is 0 Å². The molecular weight excluding hydrogens is 260 g/mol. The molecule has 0 bridgehead atoms.